The molecule has 0 spiro atoms. The predicted octanol–water partition coefficient (Wildman–Crippen LogP) is 1.44. The van der Waals surface area contributed by atoms with Gasteiger partial charge in [-0.3, -0.25) is 4.79 Å². The summed E-state index contributed by atoms with van der Waals surface area (Å²) >= 11 is 0. The molecule has 1 rings (SSSR count). The third-order valence-corrected chi connectivity index (χ3v) is 2.53. The summed E-state index contributed by atoms with van der Waals surface area (Å²) in [5.74, 6) is 0.267. The molecule has 0 aliphatic heterocycles. The first-order valence-corrected chi connectivity index (χ1v) is 6.44. The summed E-state index contributed by atoms with van der Waals surface area (Å²) in [6, 6.07) is 7.28. The van der Waals surface area contributed by atoms with E-state index in [9.17, 15) is 9.90 Å². The van der Waals surface area contributed by atoms with Gasteiger partial charge in [0.15, 0.2) is 0 Å². The molecule has 1 aromatic rings. The minimum absolute atomic E-state index is 0.0352. The minimum Gasteiger partial charge on any atom is -0.394 e. The number of para-hydroxylation sites is 2. The number of aliphatic hydroxyl groups excluding tert-OH is 2. The number of anilines is 2. The average Bonchev–Trinajstić information content (AvgIpc) is 2.36. The van der Waals surface area contributed by atoms with Crippen molar-refractivity contribution < 1.29 is 15.0 Å². The summed E-state index contributed by atoms with van der Waals surface area (Å²) in [5, 5.41) is 23.9. The highest BCUT2D eigenvalue weighted by molar-refractivity contribution is 5.94. The number of carbonyl (C=O) groups is 1. The molecule has 1 atom stereocenters. The number of amides is 1. The van der Waals surface area contributed by atoms with E-state index in [1.54, 1.807) is 6.07 Å². The van der Waals surface area contributed by atoms with E-state index in [0.29, 0.717) is 18.0 Å². The zero-order valence-corrected chi connectivity index (χ0v) is 11.4. The Kier molecular flexibility index (Phi) is 6.32. The van der Waals surface area contributed by atoms with Crippen molar-refractivity contribution in [3.8, 4) is 0 Å². The number of hydrogen-bond donors (Lipinski definition) is 4. The number of rotatable bonds is 7. The predicted molar refractivity (Wildman–Crippen MR) is 76.1 cm³/mol. The molecular formula is C14H22N2O3. The van der Waals surface area contributed by atoms with Gasteiger partial charge < -0.3 is 20.8 Å². The van der Waals surface area contributed by atoms with Crippen LogP contribution in [-0.2, 0) is 4.79 Å². The van der Waals surface area contributed by atoms with Crippen LogP contribution in [0.3, 0.4) is 0 Å². The summed E-state index contributed by atoms with van der Waals surface area (Å²) in [7, 11) is 0. The van der Waals surface area contributed by atoms with Gasteiger partial charge in [0.2, 0.25) is 5.91 Å². The summed E-state index contributed by atoms with van der Waals surface area (Å²) < 4.78 is 0. The standard InChI is InChI=1S/C14H22N2O3/c1-10(2)7-14(19)16-13-6-4-3-5-12(13)15-8-11(18)9-17/h3-6,10-11,15,17-18H,7-9H2,1-2H3,(H,16,19). The lowest BCUT2D eigenvalue weighted by Crippen LogP contribution is -2.23. The molecule has 0 bridgehead atoms. The van der Waals surface area contributed by atoms with Gasteiger partial charge in [-0.2, -0.15) is 0 Å². The van der Waals surface area contributed by atoms with Gasteiger partial charge in [-0.25, -0.2) is 0 Å². The topological polar surface area (TPSA) is 81.6 Å². The summed E-state index contributed by atoms with van der Waals surface area (Å²) in [5.41, 5.74) is 1.41. The van der Waals surface area contributed by atoms with Crippen molar-refractivity contribution in [3.05, 3.63) is 24.3 Å². The van der Waals surface area contributed by atoms with Gasteiger partial charge in [0, 0.05) is 13.0 Å². The molecule has 0 aliphatic carbocycles. The molecule has 0 fully saturated rings. The fourth-order valence-electron chi connectivity index (χ4n) is 1.61. The molecular weight excluding hydrogens is 244 g/mol. The van der Waals surface area contributed by atoms with Gasteiger partial charge in [-0.05, 0) is 18.1 Å². The molecule has 1 amide bonds. The highest BCUT2D eigenvalue weighted by Gasteiger charge is 2.09. The Morgan fingerprint density at radius 3 is 2.47 bits per heavy atom. The van der Waals surface area contributed by atoms with E-state index in [1.807, 2.05) is 32.0 Å². The molecule has 0 saturated heterocycles. The number of aliphatic hydroxyl groups is 2. The Morgan fingerprint density at radius 1 is 1.26 bits per heavy atom. The van der Waals surface area contributed by atoms with Crippen molar-refractivity contribution in [1.82, 2.24) is 0 Å². The largest absolute Gasteiger partial charge is 0.394 e. The van der Waals surface area contributed by atoms with Gasteiger partial charge in [0.1, 0.15) is 0 Å². The zero-order valence-electron chi connectivity index (χ0n) is 11.4. The molecule has 0 radical (unpaired) electrons. The molecule has 19 heavy (non-hydrogen) atoms. The van der Waals surface area contributed by atoms with Crippen LogP contribution in [0.1, 0.15) is 20.3 Å². The second-order valence-electron chi connectivity index (χ2n) is 4.91. The highest BCUT2D eigenvalue weighted by atomic mass is 16.3. The molecule has 0 heterocycles. The minimum atomic E-state index is -0.820. The third kappa shape index (κ3) is 5.72. The van der Waals surface area contributed by atoms with Gasteiger partial charge in [-0.1, -0.05) is 26.0 Å². The van der Waals surface area contributed by atoms with E-state index < -0.39 is 6.10 Å². The number of hydrogen-bond acceptors (Lipinski definition) is 4. The average molecular weight is 266 g/mol. The fraction of sp³-hybridized carbons (Fsp3) is 0.500. The van der Waals surface area contributed by atoms with Crippen molar-refractivity contribution in [2.45, 2.75) is 26.4 Å². The van der Waals surface area contributed by atoms with Crippen molar-refractivity contribution in [1.29, 1.82) is 0 Å². The molecule has 106 valence electrons. The van der Waals surface area contributed by atoms with E-state index in [4.69, 9.17) is 5.11 Å². The van der Waals surface area contributed by atoms with Crippen molar-refractivity contribution in [2.75, 3.05) is 23.8 Å². The van der Waals surface area contributed by atoms with Crippen LogP contribution in [0.15, 0.2) is 24.3 Å². The smallest absolute Gasteiger partial charge is 0.224 e. The summed E-state index contributed by atoms with van der Waals surface area (Å²) in [6.07, 6.45) is -0.354. The van der Waals surface area contributed by atoms with E-state index >= 15 is 0 Å². The van der Waals surface area contributed by atoms with Crippen LogP contribution in [0.4, 0.5) is 11.4 Å². The molecule has 4 N–H and O–H groups in total. The van der Waals surface area contributed by atoms with Gasteiger partial charge in [0.25, 0.3) is 0 Å². The number of benzene rings is 1. The number of nitrogens with one attached hydrogen (secondary N) is 2. The van der Waals surface area contributed by atoms with Crippen LogP contribution in [0, 0.1) is 5.92 Å². The zero-order chi connectivity index (χ0) is 14.3. The first kappa shape index (κ1) is 15.5. The highest BCUT2D eigenvalue weighted by Crippen LogP contribution is 2.21. The van der Waals surface area contributed by atoms with Gasteiger partial charge in [0.05, 0.1) is 24.1 Å². The van der Waals surface area contributed by atoms with E-state index in [0.717, 1.165) is 5.69 Å². The first-order valence-electron chi connectivity index (χ1n) is 6.44. The van der Waals surface area contributed by atoms with Crippen LogP contribution in [0.2, 0.25) is 0 Å². The lowest BCUT2D eigenvalue weighted by Gasteiger charge is -2.15. The molecule has 0 aliphatic rings. The van der Waals surface area contributed by atoms with Crippen LogP contribution in [0.25, 0.3) is 0 Å². The molecule has 1 aromatic carbocycles. The Morgan fingerprint density at radius 2 is 1.89 bits per heavy atom. The van der Waals surface area contributed by atoms with E-state index in [1.165, 1.54) is 0 Å². The Balaban J connectivity index is 2.65. The van der Waals surface area contributed by atoms with Crippen molar-refractivity contribution in [3.63, 3.8) is 0 Å². The van der Waals surface area contributed by atoms with Crippen LogP contribution in [-0.4, -0.2) is 35.4 Å². The van der Waals surface area contributed by atoms with Crippen molar-refractivity contribution in [2.24, 2.45) is 5.92 Å². The maximum Gasteiger partial charge on any atom is 0.224 e. The SMILES string of the molecule is CC(C)CC(=O)Nc1ccccc1NCC(O)CO. The van der Waals surface area contributed by atoms with Crippen LogP contribution >= 0.6 is 0 Å². The maximum atomic E-state index is 11.7. The summed E-state index contributed by atoms with van der Waals surface area (Å²) in [6.45, 7) is 3.91. The van der Waals surface area contributed by atoms with Gasteiger partial charge in [-0.15, -0.1) is 0 Å². The Bertz CT molecular complexity index is 407. The van der Waals surface area contributed by atoms with Crippen LogP contribution < -0.4 is 10.6 Å². The normalized spacial score (nSPS) is 12.3. The van der Waals surface area contributed by atoms with E-state index in [2.05, 4.69) is 10.6 Å². The molecule has 1 unspecified atom stereocenters. The number of carbonyl (C=O) groups excluding carboxylic acids is 1. The maximum absolute atomic E-state index is 11.7. The second kappa shape index (κ2) is 7.76. The molecule has 5 heteroatoms. The summed E-state index contributed by atoms with van der Waals surface area (Å²) in [4.78, 5) is 11.7. The quantitative estimate of drug-likeness (QED) is 0.602. The lowest BCUT2D eigenvalue weighted by molar-refractivity contribution is -0.116. The van der Waals surface area contributed by atoms with Crippen molar-refractivity contribution >= 4 is 17.3 Å². The fourth-order valence-corrected chi connectivity index (χ4v) is 1.61. The molecule has 0 aromatic heterocycles. The van der Waals surface area contributed by atoms with Crippen LogP contribution in [0.5, 0.6) is 0 Å². The molecule has 5 nitrogen and oxygen atoms in total. The second-order valence-corrected chi connectivity index (χ2v) is 4.91. The monoisotopic (exact) mass is 266 g/mol. The Hall–Kier alpha value is -1.59. The van der Waals surface area contributed by atoms with E-state index in [-0.39, 0.29) is 19.1 Å². The lowest BCUT2D eigenvalue weighted by atomic mass is 10.1. The van der Waals surface area contributed by atoms with Gasteiger partial charge >= 0.3 is 0 Å². The third-order valence-electron chi connectivity index (χ3n) is 2.53. The Labute approximate surface area is 113 Å². The molecule has 0 saturated carbocycles. The first-order chi connectivity index (χ1) is 9.02.